The molecule has 0 aliphatic heterocycles. The van der Waals surface area contributed by atoms with Crippen molar-refractivity contribution in [1.82, 2.24) is 4.98 Å². The van der Waals surface area contributed by atoms with E-state index in [1.54, 1.807) is 30.5 Å². The van der Waals surface area contributed by atoms with Crippen LogP contribution in [0.5, 0.6) is 0 Å². The monoisotopic (exact) mass is 230 g/mol. The summed E-state index contributed by atoms with van der Waals surface area (Å²) in [6.45, 7) is 0. The first-order chi connectivity index (χ1) is 7.79. The van der Waals surface area contributed by atoms with Crippen molar-refractivity contribution in [2.75, 3.05) is 4.31 Å². The molecule has 3 nitrogen and oxygen atoms in total. The number of nitrogens with zero attached hydrogens (tertiary/aromatic N) is 2. The minimum absolute atomic E-state index is 0.192. The molecule has 0 saturated heterocycles. The van der Waals surface area contributed by atoms with Crippen molar-refractivity contribution in [3.05, 3.63) is 60.3 Å². The molecule has 2 aromatic rings. The van der Waals surface area contributed by atoms with Crippen LogP contribution in [0.4, 0.5) is 5.82 Å². The molecule has 2 rings (SSSR count). The Bertz CT molecular complexity index is 473. The molecule has 0 saturated carbocycles. The number of hydrogen-bond donors (Lipinski definition) is 1. The lowest BCUT2D eigenvalue weighted by Crippen LogP contribution is -2.21. The summed E-state index contributed by atoms with van der Waals surface area (Å²) in [5.41, 5.74) is 0.586. The van der Waals surface area contributed by atoms with Crippen LogP contribution >= 0.6 is 12.8 Å². The average Bonchev–Trinajstić information content (AvgIpc) is 2.39. The molecule has 0 atom stereocenters. The fourth-order valence-electron chi connectivity index (χ4n) is 1.29. The maximum atomic E-state index is 12.0. The predicted molar refractivity (Wildman–Crippen MR) is 66.5 cm³/mol. The standard InChI is InChI=1S/C12H10N2OS/c15-12(10-6-2-1-3-7-10)14(16)11-8-4-5-9-13-11/h1-9,16H. The highest BCUT2D eigenvalue weighted by atomic mass is 32.1. The molecule has 0 aliphatic carbocycles. The Kier molecular flexibility index (Phi) is 3.22. The summed E-state index contributed by atoms with van der Waals surface area (Å²) in [5.74, 6) is 0.322. The van der Waals surface area contributed by atoms with Gasteiger partial charge in [0.05, 0.1) is 0 Å². The number of aromatic nitrogens is 1. The quantitative estimate of drug-likeness (QED) is 0.804. The molecule has 0 N–H and O–H groups in total. The lowest BCUT2D eigenvalue weighted by molar-refractivity contribution is 0.101. The lowest BCUT2D eigenvalue weighted by Gasteiger charge is -2.13. The minimum Gasteiger partial charge on any atom is -0.268 e. The maximum absolute atomic E-state index is 12.0. The summed E-state index contributed by atoms with van der Waals surface area (Å²) in [4.78, 5) is 16.0. The zero-order valence-corrected chi connectivity index (χ0v) is 9.34. The van der Waals surface area contributed by atoms with Crippen LogP contribution in [-0.4, -0.2) is 10.9 Å². The van der Waals surface area contributed by atoms with E-state index < -0.39 is 0 Å². The van der Waals surface area contributed by atoms with Crippen LogP contribution in [0, 0.1) is 0 Å². The van der Waals surface area contributed by atoms with Gasteiger partial charge in [-0.3, -0.25) is 4.79 Å². The molecule has 0 spiro atoms. The Hall–Kier alpha value is -1.81. The van der Waals surface area contributed by atoms with Gasteiger partial charge in [-0.2, -0.15) is 0 Å². The van der Waals surface area contributed by atoms with Crippen molar-refractivity contribution in [2.45, 2.75) is 0 Å². The molecule has 1 aromatic heterocycles. The number of rotatable bonds is 2. The molecule has 0 fully saturated rings. The number of thiol groups is 1. The fraction of sp³-hybridized carbons (Fsp3) is 0. The Morgan fingerprint density at radius 2 is 1.75 bits per heavy atom. The van der Waals surface area contributed by atoms with Crippen LogP contribution in [0.2, 0.25) is 0 Å². The first-order valence-corrected chi connectivity index (χ1v) is 5.18. The van der Waals surface area contributed by atoms with Crippen LogP contribution in [0.3, 0.4) is 0 Å². The van der Waals surface area contributed by atoms with Gasteiger partial charge < -0.3 is 0 Å². The fourth-order valence-corrected chi connectivity index (χ4v) is 1.52. The Labute approximate surface area is 99.3 Å². The Morgan fingerprint density at radius 1 is 1.06 bits per heavy atom. The van der Waals surface area contributed by atoms with E-state index in [9.17, 15) is 4.79 Å². The summed E-state index contributed by atoms with van der Waals surface area (Å²) in [5, 5.41) is 0. The number of pyridine rings is 1. The van der Waals surface area contributed by atoms with Gasteiger partial charge in [0.1, 0.15) is 5.82 Å². The minimum atomic E-state index is -0.192. The van der Waals surface area contributed by atoms with Crippen molar-refractivity contribution >= 4 is 24.5 Å². The normalized spacial score (nSPS) is 9.81. The zero-order valence-electron chi connectivity index (χ0n) is 8.45. The molecule has 0 unspecified atom stereocenters. The topological polar surface area (TPSA) is 33.2 Å². The summed E-state index contributed by atoms with van der Waals surface area (Å²) in [6.07, 6.45) is 1.62. The highest BCUT2D eigenvalue weighted by Crippen LogP contribution is 2.15. The molecule has 1 amide bonds. The largest absolute Gasteiger partial charge is 0.269 e. The van der Waals surface area contributed by atoms with Gasteiger partial charge in [-0.05, 0) is 24.3 Å². The number of amides is 1. The lowest BCUT2D eigenvalue weighted by atomic mass is 10.2. The summed E-state index contributed by atoms with van der Waals surface area (Å²) < 4.78 is 1.23. The van der Waals surface area contributed by atoms with Crippen LogP contribution in [0.25, 0.3) is 0 Å². The van der Waals surface area contributed by atoms with E-state index in [1.807, 2.05) is 24.3 Å². The third kappa shape index (κ3) is 2.23. The summed E-state index contributed by atoms with van der Waals surface area (Å²) >= 11 is 4.15. The number of hydrogen-bond acceptors (Lipinski definition) is 3. The first kappa shape index (κ1) is 10.7. The summed E-state index contributed by atoms with van der Waals surface area (Å²) in [7, 11) is 0. The molecule has 0 radical (unpaired) electrons. The Balaban J connectivity index is 2.24. The second kappa shape index (κ2) is 4.81. The average molecular weight is 230 g/mol. The van der Waals surface area contributed by atoms with Crippen LogP contribution in [0.15, 0.2) is 54.7 Å². The molecular weight excluding hydrogens is 220 g/mol. The maximum Gasteiger partial charge on any atom is 0.269 e. The van der Waals surface area contributed by atoms with Crippen molar-refractivity contribution in [2.24, 2.45) is 0 Å². The third-order valence-corrected chi connectivity index (χ3v) is 2.47. The summed E-state index contributed by atoms with van der Waals surface area (Å²) in [6, 6.07) is 14.3. The van der Waals surface area contributed by atoms with E-state index in [2.05, 4.69) is 17.8 Å². The highest BCUT2D eigenvalue weighted by molar-refractivity contribution is 7.82. The molecule has 1 aromatic carbocycles. The molecule has 16 heavy (non-hydrogen) atoms. The Morgan fingerprint density at radius 3 is 2.38 bits per heavy atom. The van der Waals surface area contributed by atoms with E-state index in [-0.39, 0.29) is 5.91 Å². The molecule has 0 aliphatic rings. The molecule has 0 bridgehead atoms. The molecule has 4 heteroatoms. The predicted octanol–water partition coefficient (Wildman–Crippen LogP) is 2.57. The van der Waals surface area contributed by atoms with Crippen molar-refractivity contribution in [3.8, 4) is 0 Å². The van der Waals surface area contributed by atoms with E-state index >= 15 is 0 Å². The van der Waals surface area contributed by atoms with Gasteiger partial charge in [-0.25, -0.2) is 9.29 Å². The van der Waals surface area contributed by atoms with E-state index in [1.165, 1.54) is 4.31 Å². The SMILES string of the molecule is O=C(c1ccccc1)N(S)c1ccccn1. The van der Waals surface area contributed by atoms with Gasteiger partial charge in [-0.15, -0.1) is 0 Å². The zero-order chi connectivity index (χ0) is 11.4. The molecular formula is C12H10N2OS. The van der Waals surface area contributed by atoms with Gasteiger partial charge in [-0.1, -0.05) is 37.1 Å². The van der Waals surface area contributed by atoms with Crippen LogP contribution in [-0.2, 0) is 0 Å². The second-order valence-corrected chi connectivity index (χ2v) is 3.57. The van der Waals surface area contributed by atoms with Crippen molar-refractivity contribution in [3.63, 3.8) is 0 Å². The molecule has 1 heterocycles. The third-order valence-electron chi connectivity index (χ3n) is 2.08. The van der Waals surface area contributed by atoms with Crippen molar-refractivity contribution in [1.29, 1.82) is 0 Å². The number of carbonyl (C=O) groups is 1. The van der Waals surface area contributed by atoms with Gasteiger partial charge >= 0.3 is 0 Å². The van der Waals surface area contributed by atoms with E-state index in [0.717, 1.165) is 0 Å². The number of anilines is 1. The van der Waals surface area contributed by atoms with Gasteiger partial charge in [0, 0.05) is 11.8 Å². The number of benzene rings is 1. The van der Waals surface area contributed by atoms with E-state index in [0.29, 0.717) is 11.4 Å². The van der Waals surface area contributed by atoms with E-state index in [4.69, 9.17) is 0 Å². The first-order valence-electron chi connectivity index (χ1n) is 4.78. The van der Waals surface area contributed by atoms with Crippen LogP contribution in [0.1, 0.15) is 10.4 Å². The smallest absolute Gasteiger partial charge is 0.268 e. The molecule has 80 valence electrons. The van der Waals surface area contributed by atoms with Crippen LogP contribution < -0.4 is 4.31 Å². The highest BCUT2D eigenvalue weighted by Gasteiger charge is 2.14. The van der Waals surface area contributed by atoms with Gasteiger partial charge in [0.15, 0.2) is 0 Å². The van der Waals surface area contributed by atoms with Gasteiger partial charge in [0.25, 0.3) is 5.91 Å². The number of carbonyl (C=O) groups excluding carboxylic acids is 1. The second-order valence-electron chi connectivity index (χ2n) is 3.17. The van der Waals surface area contributed by atoms with Crippen molar-refractivity contribution < 1.29 is 4.79 Å². The van der Waals surface area contributed by atoms with Gasteiger partial charge in [0.2, 0.25) is 0 Å².